The Bertz CT molecular complexity index is 1150. The number of nitrogen functional groups attached to an aromatic ring is 1. The van der Waals surface area contributed by atoms with Crippen molar-refractivity contribution >= 4 is 23.0 Å². The van der Waals surface area contributed by atoms with Gasteiger partial charge in [-0.1, -0.05) is 35.4 Å². The highest BCUT2D eigenvalue weighted by Gasteiger charge is 2.48. The Morgan fingerprint density at radius 1 is 1.34 bits per heavy atom. The van der Waals surface area contributed by atoms with Gasteiger partial charge in [0, 0.05) is 4.91 Å². The van der Waals surface area contributed by atoms with Gasteiger partial charge in [-0.2, -0.15) is 0 Å². The number of imidazole rings is 1. The topological polar surface area (TPSA) is 194 Å². The molecule has 1 aliphatic heterocycles. The molecule has 0 bridgehead atoms. The van der Waals surface area contributed by atoms with E-state index in [-0.39, 0.29) is 12.2 Å². The molecule has 3 aromatic rings. The fraction of sp³-hybridized carbons (Fsp3) is 0.368. The van der Waals surface area contributed by atoms with Crippen LogP contribution in [-0.4, -0.2) is 66.7 Å². The Labute approximate surface area is 181 Å². The van der Waals surface area contributed by atoms with E-state index in [1.807, 2.05) is 6.07 Å². The van der Waals surface area contributed by atoms with Gasteiger partial charge in [0.2, 0.25) is 0 Å². The van der Waals surface area contributed by atoms with Crippen LogP contribution in [0.1, 0.15) is 11.8 Å². The molecule has 1 fully saturated rings. The molecular weight excluding hydrogens is 420 g/mol. The number of azide groups is 1. The first kappa shape index (κ1) is 21.5. The van der Waals surface area contributed by atoms with Crippen LogP contribution in [0.3, 0.4) is 0 Å². The third-order valence-corrected chi connectivity index (χ3v) is 5.14. The number of carbonyl (C=O) groups is 1. The number of nitrogens with zero attached hydrogens (tertiary/aromatic N) is 7. The first-order valence-electron chi connectivity index (χ1n) is 9.69. The molecule has 0 radical (unpaired) electrons. The van der Waals surface area contributed by atoms with E-state index in [0.717, 1.165) is 5.56 Å². The maximum Gasteiger partial charge on any atom is 0.315 e. The predicted molar refractivity (Wildman–Crippen MR) is 110 cm³/mol. The average molecular weight is 440 g/mol. The monoisotopic (exact) mass is 440 g/mol. The molecule has 1 saturated heterocycles. The van der Waals surface area contributed by atoms with Crippen molar-refractivity contribution in [3.63, 3.8) is 0 Å². The summed E-state index contributed by atoms with van der Waals surface area (Å²) in [5.41, 5.74) is 16.1. The van der Waals surface area contributed by atoms with E-state index in [4.69, 9.17) is 20.7 Å². The Balaban J connectivity index is 1.62. The van der Waals surface area contributed by atoms with Crippen molar-refractivity contribution in [3.05, 3.63) is 59.0 Å². The number of rotatable bonds is 7. The van der Waals surface area contributed by atoms with Gasteiger partial charge in [0.15, 0.2) is 23.8 Å². The number of esters is 1. The molecule has 0 aliphatic carbocycles. The molecule has 4 N–H and O–H groups in total. The number of hydrogen-bond acceptors (Lipinski definition) is 10. The lowest BCUT2D eigenvalue weighted by Crippen LogP contribution is -2.39. The van der Waals surface area contributed by atoms with Crippen LogP contribution < -0.4 is 5.73 Å². The minimum Gasteiger partial charge on any atom is -0.454 e. The molecule has 0 spiro atoms. The summed E-state index contributed by atoms with van der Waals surface area (Å²) in [4.78, 5) is 27.8. The summed E-state index contributed by atoms with van der Waals surface area (Å²) in [5, 5.41) is 23.8. The Hall–Kier alpha value is -3.77. The molecular formula is C19H20N8O5. The van der Waals surface area contributed by atoms with Gasteiger partial charge in [-0.05, 0) is 17.5 Å². The molecule has 13 nitrogen and oxygen atoms in total. The molecule has 1 unspecified atom stereocenters. The van der Waals surface area contributed by atoms with E-state index in [1.54, 1.807) is 24.3 Å². The Morgan fingerprint density at radius 3 is 2.84 bits per heavy atom. The summed E-state index contributed by atoms with van der Waals surface area (Å²) in [7, 11) is 0. The van der Waals surface area contributed by atoms with E-state index in [9.17, 15) is 15.0 Å². The van der Waals surface area contributed by atoms with Crippen LogP contribution in [0, 0.1) is 0 Å². The molecule has 166 valence electrons. The third kappa shape index (κ3) is 4.05. The molecule has 13 heteroatoms. The summed E-state index contributed by atoms with van der Waals surface area (Å²) in [6.07, 6.45) is -1.96. The van der Waals surface area contributed by atoms with Gasteiger partial charge < -0.3 is 25.4 Å². The van der Waals surface area contributed by atoms with Crippen molar-refractivity contribution in [3.8, 4) is 0 Å². The molecule has 3 heterocycles. The second-order valence-electron chi connectivity index (χ2n) is 7.13. The van der Waals surface area contributed by atoms with Crippen molar-refractivity contribution < 1.29 is 24.5 Å². The number of hydrogen-bond donors (Lipinski definition) is 3. The maximum absolute atomic E-state index is 12.9. The van der Waals surface area contributed by atoms with Crippen molar-refractivity contribution in [2.24, 2.45) is 5.11 Å². The number of carbonyl (C=O) groups excluding carboxylic acids is 1. The maximum atomic E-state index is 12.9. The normalized spacial score (nSPS) is 23.6. The first-order valence-corrected chi connectivity index (χ1v) is 9.69. The number of anilines is 1. The standard InChI is InChI=1S/C19H20N8O5/c20-16-13-17(23-8-22-16)27(9-24-13)18-15(14(29)12(7-28)31-18)32-19(30)11(25-26-21)6-10-4-2-1-3-5-10/h1-5,8-9,11-12,14-15,18,28-29H,6-7H2,(H2,20,22,23)/t11?,12-,14-,15+,18-/m0/s1. The smallest absolute Gasteiger partial charge is 0.315 e. The van der Waals surface area contributed by atoms with Gasteiger partial charge >= 0.3 is 5.97 Å². The van der Waals surface area contributed by atoms with Crippen molar-refractivity contribution in [1.82, 2.24) is 19.5 Å². The Morgan fingerprint density at radius 2 is 2.12 bits per heavy atom. The molecule has 32 heavy (non-hydrogen) atoms. The summed E-state index contributed by atoms with van der Waals surface area (Å²) in [5.74, 6) is -0.702. The van der Waals surface area contributed by atoms with Crippen molar-refractivity contribution in [1.29, 1.82) is 0 Å². The second kappa shape index (κ2) is 9.16. The predicted octanol–water partition coefficient (Wildman–Crippen LogP) is 0.492. The molecule has 1 aromatic carbocycles. The fourth-order valence-electron chi connectivity index (χ4n) is 3.56. The number of aromatic nitrogens is 4. The van der Waals surface area contributed by atoms with Crippen LogP contribution in [0.5, 0.6) is 0 Å². The van der Waals surface area contributed by atoms with Gasteiger partial charge in [-0.25, -0.2) is 15.0 Å². The second-order valence-corrected chi connectivity index (χ2v) is 7.13. The number of fused-ring (bicyclic) bond motifs is 1. The van der Waals surface area contributed by atoms with Gasteiger partial charge in [-0.3, -0.25) is 9.36 Å². The summed E-state index contributed by atoms with van der Waals surface area (Å²) in [6, 6.07) is 7.81. The van der Waals surface area contributed by atoms with Gasteiger partial charge in [-0.15, -0.1) is 0 Å². The lowest BCUT2D eigenvalue weighted by Gasteiger charge is -2.23. The van der Waals surface area contributed by atoms with Crippen molar-refractivity contribution in [2.45, 2.75) is 37.0 Å². The van der Waals surface area contributed by atoms with E-state index < -0.39 is 43.2 Å². The van der Waals surface area contributed by atoms with E-state index >= 15 is 0 Å². The van der Waals surface area contributed by atoms with E-state index in [0.29, 0.717) is 11.2 Å². The van der Waals surface area contributed by atoms with Crippen LogP contribution in [0.2, 0.25) is 0 Å². The van der Waals surface area contributed by atoms with Crippen LogP contribution >= 0.6 is 0 Å². The number of nitrogens with two attached hydrogens (primary N) is 1. The van der Waals surface area contributed by atoms with Crippen LogP contribution in [0.15, 0.2) is 48.1 Å². The molecule has 2 aromatic heterocycles. The summed E-state index contributed by atoms with van der Waals surface area (Å²) in [6.45, 7) is -0.515. The lowest BCUT2D eigenvalue weighted by atomic mass is 10.1. The average Bonchev–Trinajstić information content (AvgIpc) is 3.36. The van der Waals surface area contributed by atoms with Gasteiger partial charge in [0.05, 0.1) is 12.9 Å². The zero-order valence-corrected chi connectivity index (χ0v) is 16.7. The highest BCUT2D eigenvalue weighted by Crippen LogP contribution is 2.34. The molecule has 0 amide bonds. The molecule has 5 atom stereocenters. The van der Waals surface area contributed by atoms with Crippen molar-refractivity contribution in [2.75, 3.05) is 12.3 Å². The van der Waals surface area contributed by atoms with Crippen LogP contribution in [0.4, 0.5) is 5.82 Å². The number of aliphatic hydroxyl groups is 2. The fourth-order valence-corrected chi connectivity index (χ4v) is 3.56. The summed E-state index contributed by atoms with van der Waals surface area (Å²) >= 11 is 0. The highest BCUT2D eigenvalue weighted by molar-refractivity contribution is 5.81. The molecule has 4 rings (SSSR count). The van der Waals surface area contributed by atoms with E-state index in [2.05, 4.69) is 25.0 Å². The minimum atomic E-state index is -1.35. The third-order valence-electron chi connectivity index (χ3n) is 5.14. The number of aliphatic hydroxyl groups excluding tert-OH is 2. The van der Waals surface area contributed by atoms with E-state index in [1.165, 1.54) is 17.2 Å². The summed E-state index contributed by atoms with van der Waals surface area (Å²) < 4.78 is 12.7. The highest BCUT2D eigenvalue weighted by atomic mass is 16.6. The molecule has 0 saturated carbocycles. The van der Waals surface area contributed by atoms with Gasteiger partial charge in [0.1, 0.15) is 30.1 Å². The first-order chi connectivity index (χ1) is 15.5. The number of benzene rings is 1. The quantitative estimate of drug-likeness (QED) is 0.203. The lowest BCUT2D eigenvalue weighted by molar-refractivity contribution is -0.160. The largest absolute Gasteiger partial charge is 0.454 e. The zero-order valence-electron chi connectivity index (χ0n) is 16.7. The number of ether oxygens (including phenoxy) is 2. The SMILES string of the molecule is [N-]=[N+]=NC(Cc1ccccc1)C(=O)O[C@@H]1[C@@H](O)[C@H](CO)O[C@@H]1n1cnc2c(N)ncnc21. The minimum absolute atomic E-state index is 0.110. The zero-order chi connectivity index (χ0) is 22.7. The van der Waals surface area contributed by atoms with Crippen LogP contribution in [0.25, 0.3) is 21.6 Å². The molecule has 1 aliphatic rings. The van der Waals surface area contributed by atoms with Crippen LogP contribution in [-0.2, 0) is 20.7 Å². The van der Waals surface area contributed by atoms with Gasteiger partial charge in [0.25, 0.3) is 0 Å². The Kier molecular flexibility index (Phi) is 6.14.